The van der Waals surface area contributed by atoms with Gasteiger partial charge < -0.3 is 15.2 Å². The summed E-state index contributed by atoms with van der Waals surface area (Å²) in [4.78, 5) is 44.9. The minimum absolute atomic E-state index is 0.0515. The fourth-order valence-corrected chi connectivity index (χ4v) is 4.94. The quantitative estimate of drug-likeness (QED) is 0.303. The lowest BCUT2D eigenvalue weighted by Crippen LogP contribution is -2.34. The molecule has 0 radical (unpaired) electrons. The predicted octanol–water partition coefficient (Wildman–Crippen LogP) is 5.33. The molecule has 0 bridgehead atoms. The minimum atomic E-state index is -1.22. The van der Waals surface area contributed by atoms with Crippen LogP contribution in [0.15, 0.2) is 72.8 Å². The monoisotopic (exact) mass is 543 g/mol. The van der Waals surface area contributed by atoms with E-state index in [0.717, 1.165) is 24.3 Å². The molecule has 1 aromatic heterocycles. The van der Waals surface area contributed by atoms with E-state index in [1.807, 2.05) is 42.5 Å². The number of ether oxygens (including phenoxy) is 1. The number of benzene rings is 3. The third kappa shape index (κ3) is 5.77. The Kier molecular flexibility index (Phi) is 7.58. The molecule has 1 amide bonds. The molecule has 39 heavy (non-hydrogen) atoms. The molecular formula is C30H26ClN3O5. The van der Waals surface area contributed by atoms with Crippen LogP contribution in [-0.2, 0) is 29.0 Å². The Morgan fingerprint density at radius 2 is 1.82 bits per heavy atom. The van der Waals surface area contributed by atoms with Gasteiger partial charge in [0.1, 0.15) is 0 Å². The molecule has 8 nitrogen and oxygen atoms in total. The summed E-state index contributed by atoms with van der Waals surface area (Å²) in [7, 11) is 0. The maximum atomic E-state index is 13.6. The molecule has 1 aliphatic heterocycles. The highest BCUT2D eigenvalue weighted by Crippen LogP contribution is 2.30. The van der Waals surface area contributed by atoms with Gasteiger partial charge in [0.25, 0.3) is 5.91 Å². The van der Waals surface area contributed by atoms with Crippen LogP contribution in [0, 0.1) is 0 Å². The fraction of sp³-hybridized carbons (Fsp3) is 0.200. The topological polar surface area (TPSA) is 109 Å². The molecule has 5 rings (SSSR count). The smallest absolute Gasteiger partial charge is 0.339 e. The van der Waals surface area contributed by atoms with Crippen LogP contribution >= 0.6 is 11.6 Å². The zero-order valence-electron chi connectivity index (χ0n) is 21.2. The van der Waals surface area contributed by atoms with Gasteiger partial charge in [0.05, 0.1) is 21.7 Å². The highest BCUT2D eigenvalue weighted by atomic mass is 35.5. The van der Waals surface area contributed by atoms with Crippen LogP contribution in [0.5, 0.6) is 0 Å². The average molecular weight is 544 g/mol. The average Bonchev–Trinajstić information content (AvgIpc) is 2.93. The standard InChI is InChI=1S/C30H26ClN3O5/c1-18(28(35)32-20-11-12-24(31)22(15-20)29(36)37)39-30(38)27-21-9-5-6-10-25(21)33-26-13-14-34(17-23(26)27)16-19-7-3-2-4-8-19/h2-12,15,18H,13-14,16-17H2,1H3,(H,32,35)(H,36,37). The van der Waals surface area contributed by atoms with Crippen molar-refractivity contribution in [3.05, 3.63) is 106 Å². The van der Waals surface area contributed by atoms with Gasteiger partial charge in [0.15, 0.2) is 6.10 Å². The molecule has 2 N–H and O–H groups in total. The number of pyridine rings is 1. The first-order valence-electron chi connectivity index (χ1n) is 12.5. The fourth-order valence-electron chi connectivity index (χ4n) is 4.74. The molecule has 2 heterocycles. The number of nitrogens with one attached hydrogen (secondary N) is 1. The van der Waals surface area contributed by atoms with Gasteiger partial charge in [-0.3, -0.25) is 14.7 Å². The Hall–Kier alpha value is -4.27. The summed E-state index contributed by atoms with van der Waals surface area (Å²) in [6, 6.07) is 21.7. The van der Waals surface area contributed by atoms with E-state index in [2.05, 4.69) is 22.3 Å². The van der Waals surface area contributed by atoms with Gasteiger partial charge >= 0.3 is 11.9 Å². The second kappa shape index (κ2) is 11.2. The van der Waals surface area contributed by atoms with Crippen molar-refractivity contribution < 1.29 is 24.2 Å². The van der Waals surface area contributed by atoms with Crippen LogP contribution < -0.4 is 5.32 Å². The molecule has 1 atom stereocenters. The number of carboxylic acid groups (broad SMARTS) is 1. The molecule has 198 valence electrons. The highest BCUT2D eigenvalue weighted by Gasteiger charge is 2.29. The lowest BCUT2D eigenvalue weighted by Gasteiger charge is -2.30. The summed E-state index contributed by atoms with van der Waals surface area (Å²) in [5, 5.41) is 12.6. The summed E-state index contributed by atoms with van der Waals surface area (Å²) in [6.07, 6.45) is -0.459. The van der Waals surface area contributed by atoms with Crippen molar-refractivity contribution >= 4 is 46.0 Å². The van der Waals surface area contributed by atoms with Crippen molar-refractivity contribution in [2.45, 2.75) is 32.5 Å². The summed E-state index contributed by atoms with van der Waals surface area (Å²) < 4.78 is 5.66. The number of carbonyl (C=O) groups excluding carboxylic acids is 2. The maximum Gasteiger partial charge on any atom is 0.339 e. The van der Waals surface area contributed by atoms with Crippen LogP contribution in [0.4, 0.5) is 5.69 Å². The number of para-hydroxylation sites is 1. The Labute approximate surface area is 230 Å². The third-order valence-electron chi connectivity index (χ3n) is 6.70. The second-order valence-electron chi connectivity index (χ2n) is 9.41. The molecule has 1 unspecified atom stereocenters. The number of anilines is 1. The maximum absolute atomic E-state index is 13.6. The van der Waals surface area contributed by atoms with Crippen LogP contribution in [-0.4, -0.2) is 45.5 Å². The van der Waals surface area contributed by atoms with Crippen molar-refractivity contribution in [2.75, 3.05) is 11.9 Å². The summed E-state index contributed by atoms with van der Waals surface area (Å²) in [6.45, 7) is 3.54. The van der Waals surface area contributed by atoms with Crippen molar-refractivity contribution in [2.24, 2.45) is 0 Å². The van der Waals surface area contributed by atoms with Crippen molar-refractivity contribution in [3.8, 4) is 0 Å². The van der Waals surface area contributed by atoms with Crippen molar-refractivity contribution in [3.63, 3.8) is 0 Å². The molecule has 0 saturated heterocycles. The van der Waals surface area contributed by atoms with Crippen LogP contribution in [0.25, 0.3) is 10.9 Å². The Balaban J connectivity index is 1.39. The zero-order valence-corrected chi connectivity index (χ0v) is 21.9. The molecule has 0 fully saturated rings. The van der Waals surface area contributed by atoms with E-state index >= 15 is 0 Å². The van der Waals surface area contributed by atoms with Gasteiger partial charge in [-0.2, -0.15) is 0 Å². The summed E-state index contributed by atoms with van der Waals surface area (Å²) >= 11 is 5.92. The zero-order chi connectivity index (χ0) is 27.5. The van der Waals surface area contributed by atoms with Gasteiger partial charge in [0, 0.05) is 48.4 Å². The number of aromatic nitrogens is 1. The number of carboxylic acids is 1. The number of hydrogen-bond acceptors (Lipinski definition) is 6. The molecule has 9 heteroatoms. The van der Waals surface area contributed by atoms with E-state index in [9.17, 15) is 19.5 Å². The first-order chi connectivity index (χ1) is 18.8. The van der Waals surface area contributed by atoms with E-state index in [4.69, 9.17) is 21.3 Å². The van der Waals surface area contributed by atoms with Crippen LogP contribution in [0.3, 0.4) is 0 Å². The van der Waals surface area contributed by atoms with Crippen molar-refractivity contribution in [1.29, 1.82) is 0 Å². The van der Waals surface area contributed by atoms with Crippen LogP contribution in [0.2, 0.25) is 5.02 Å². The number of nitrogens with zero attached hydrogens (tertiary/aromatic N) is 2. The van der Waals surface area contributed by atoms with Gasteiger partial charge in [-0.25, -0.2) is 9.59 Å². The van der Waals surface area contributed by atoms with E-state index < -0.39 is 23.9 Å². The van der Waals surface area contributed by atoms with Gasteiger partial charge in [-0.1, -0.05) is 60.1 Å². The molecule has 4 aromatic rings. The number of amides is 1. The number of fused-ring (bicyclic) bond motifs is 2. The number of hydrogen-bond donors (Lipinski definition) is 2. The predicted molar refractivity (Wildman–Crippen MR) is 148 cm³/mol. The molecule has 0 aliphatic carbocycles. The van der Waals surface area contributed by atoms with Gasteiger partial charge in [0.2, 0.25) is 0 Å². The first kappa shape index (κ1) is 26.3. The Bertz CT molecular complexity index is 1570. The number of rotatable bonds is 7. The molecule has 0 spiro atoms. The number of aromatic carboxylic acids is 1. The molecule has 0 saturated carbocycles. The van der Waals surface area contributed by atoms with E-state index in [1.165, 1.54) is 30.7 Å². The lowest BCUT2D eigenvalue weighted by atomic mass is 9.95. The number of esters is 1. The second-order valence-corrected chi connectivity index (χ2v) is 9.82. The largest absolute Gasteiger partial charge is 0.478 e. The van der Waals surface area contributed by atoms with E-state index in [0.29, 0.717) is 29.4 Å². The lowest BCUT2D eigenvalue weighted by molar-refractivity contribution is -0.123. The van der Waals surface area contributed by atoms with Gasteiger partial charge in [-0.15, -0.1) is 0 Å². The molecule has 3 aromatic carbocycles. The minimum Gasteiger partial charge on any atom is -0.478 e. The summed E-state index contributed by atoms with van der Waals surface area (Å²) in [5.41, 5.74) is 4.02. The Morgan fingerprint density at radius 1 is 1.08 bits per heavy atom. The molecule has 1 aliphatic rings. The molecular weight excluding hydrogens is 518 g/mol. The normalized spacial score (nSPS) is 13.9. The number of carbonyl (C=O) groups is 3. The summed E-state index contributed by atoms with van der Waals surface area (Å²) in [5.74, 6) is -2.43. The van der Waals surface area contributed by atoms with Gasteiger partial charge in [-0.05, 0) is 36.8 Å². The van der Waals surface area contributed by atoms with Crippen LogP contribution in [0.1, 0.15) is 44.5 Å². The Morgan fingerprint density at radius 3 is 2.59 bits per heavy atom. The van der Waals surface area contributed by atoms with E-state index in [-0.39, 0.29) is 16.3 Å². The van der Waals surface area contributed by atoms with E-state index in [1.54, 1.807) is 0 Å². The van der Waals surface area contributed by atoms with Crippen molar-refractivity contribution in [1.82, 2.24) is 9.88 Å². The third-order valence-corrected chi connectivity index (χ3v) is 7.03. The first-order valence-corrected chi connectivity index (χ1v) is 12.9. The highest BCUT2D eigenvalue weighted by molar-refractivity contribution is 6.33. The number of halogens is 1. The SMILES string of the molecule is CC(OC(=O)c1c2c(nc3ccccc13)CCN(Cc1ccccc1)C2)C(=O)Nc1ccc(Cl)c(C(=O)O)c1.